The van der Waals surface area contributed by atoms with Gasteiger partial charge in [-0.2, -0.15) is 0 Å². The lowest BCUT2D eigenvalue weighted by Gasteiger charge is -2.34. The van der Waals surface area contributed by atoms with Crippen LogP contribution in [0.5, 0.6) is 0 Å². The highest BCUT2D eigenvalue weighted by atomic mass is 16.5. The highest BCUT2D eigenvalue weighted by Crippen LogP contribution is 2.11. The fourth-order valence-corrected chi connectivity index (χ4v) is 2.10. The smallest absolute Gasteiger partial charge is 0.347 e. The van der Waals surface area contributed by atoms with E-state index >= 15 is 0 Å². The third kappa shape index (κ3) is 3.41. The van der Waals surface area contributed by atoms with Gasteiger partial charge in [0.2, 0.25) is 5.91 Å². The molecule has 8 nitrogen and oxygen atoms in total. The molecule has 1 aliphatic heterocycles. The third-order valence-corrected chi connectivity index (χ3v) is 3.05. The van der Waals surface area contributed by atoms with E-state index in [9.17, 15) is 14.4 Å². The number of aliphatic carboxylic acids is 1. The molecule has 0 aromatic carbocycles. The van der Waals surface area contributed by atoms with E-state index in [2.05, 4.69) is 4.98 Å². The number of amides is 1. The summed E-state index contributed by atoms with van der Waals surface area (Å²) in [7, 11) is 0. The van der Waals surface area contributed by atoms with Gasteiger partial charge in [0.05, 0.1) is 25.7 Å². The lowest BCUT2D eigenvalue weighted by Crippen LogP contribution is -2.51. The summed E-state index contributed by atoms with van der Waals surface area (Å²) in [6.07, 6.45) is 2.65. The van der Waals surface area contributed by atoms with E-state index in [-0.39, 0.29) is 25.5 Å². The predicted octanol–water partition coefficient (Wildman–Crippen LogP) is -1.05. The van der Waals surface area contributed by atoms with Crippen molar-refractivity contribution in [3.05, 3.63) is 28.9 Å². The number of carbonyl (C=O) groups excluding carboxylic acids is 1. The third-order valence-electron chi connectivity index (χ3n) is 3.05. The average Bonchev–Trinajstić information content (AvgIpc) is 2.41. The molecule has 0 spiro atoms. The number of carboxylic acids is 1. The van der Waals surface area contributed by atoms with Gasteiger partial charge < -0.3 is 14.7 Å². The number of nitrogens with zero attached hydrogens (tertiary/aromatic N) is 3. The van der Waals surface area contributed by atoms with E-state index in [0.29, 0.717) is 13.2 Å². The fraction of sp³-hybridized carbons (Fsp3) is 0.500. The lowest BCUT2D eigenvalue weighted by atomic mass is 10.1. The van der Waals surface area contributed by atoms with Crippen LogP contribution in [0.2, 0.25) is 0 Å². The van der Waals surface area contributed by atoms with E-state index in [0.717, 1.165) is 0 Å². The summed E-state index contributed by atoms with van der Waals surface area (Å²) in [5.41, 5.74) is -0.510. The van der Waals surface area contributed by atoms with Crippen LogP contribution >= 0.6 is 0 Å². The molecule has 0 radical (unpaired) electrons. The molecule has 1 aromatic heterocycles. The number of carbonyl (C=O) groups is 2. The molecule has 0 bridgehead atoms. The summed E-state index contributed by atoms with van der Waals surface area (Å²) >= 11 is 0. The van der Waals surface area contributed by atoms with Crippen molar-refractivity contribution in [3.63, 3.8) is 0 Å². The van der Waals surface area contributed by atoms with Gasteiger partial charge in [0.25, 0.3) is 0 Å². The van der Waals surface area contributed by atoms with Crippen LogP contribution in [0.1, 0.15) is 6.42 Å². The first-order valence-corrected chi connectivity index (χ1v) is 6.18. The van der Waals surface area contributed by atoms with Crippen LogP contribution in [-0.4, -0.2) is 57.2 Å². The van der Waals surface area contributed by atoms with Crippen molar-refractivity contribution >= 4 is 11.9 Å². The summed E-state index contributed by atoms with van der Waals surface area (Å²) in [5, 5.41) is 8.84. The Kier molecular flexibility index (Phi) is 4.46. The largest absolute Gasteiger partial charge is 0.481 e. The standard InChI is InChI=1S/C12H15N3O5/c16-10(7-14-3-1-2-13-12(14)19)15-4-5-20-8-9(15)6-11(17)18/h1-3,9H,4-8H2,(H,17,18). The molecule has 2 rings (SSSR count). The van der Waals surface area contributed by atoms with Crippen LogP contribution in [0.3, 0.4) is 0 Å². The second-order valence-corrected chi connectivity index (χ2v) is 4.44. The molecule has 0 aliphatic carbocycles. The maximum atomic E-state index is 12.2. The summed E-state index contributed by atoms with van der Waals surface area (Å²) in [6, 6.07) is 1.06. The zero-order valence-electron chi connectivity index (χ0n) is 10.8. The lowest BCUT2D eigenvalue weighted by molar-refractivity contribution is -0.146. The van der Waals surface area contributed by atoms with Gasteiger partial charge in [-0.25, -0.2) is 9.78 Å². The minimum atomic E-state index is -0.989. The Morgan fingerprint density at radius 2 is 2.30 bits per heavy atom. The molecule has 1 aromatic rings. The Morgan fingerprint density at radius 1 is 1.50 bits per heavy atom. The molecule has 1 unspecified atom stereocenters. The highest BCUT2D eigenvalue weighted by Gasteiger charge is 2.29. The molecule has 1 saturated heterocycles. The maximum Gasteiger partial charge on any atom is 0.347 e. The van der Waals surface area contributed by atoms with Gasteiger partial charge in [-0.05, 0) is 6.07 Å². The number of carboxylic acid groups (broad SMARTS) is 1. The molecular weight excluding hydrogens is 266 g/mol. The van der Waals surface area contributed by atoms with Gasteiger partial charge in [-0.15, -0.1) is 0 Å². The van der Waals surface area contributed by atoms with Crippen LogP contribution in [0.4, 0.5) is 0 Å². The van der Waals surface area contributed by atoms with Gasteiger partial charge in [-0.1, -0.05) is 0 Å². The SMILES string of the molecule is O=C(O)CC1COCCN1C(=O)Cn1cccnc1=O. The van der Waals surface area contributed by atoms with Crippen LogP contribution in [0.15, 0.2) is 23.3 Å². The van der Waals surface area contributed by atoms with E-state index < -0.39 is 17.7 Å². The van der Waals surface area contributed by atoms with Crippen LogP contribution in [0, 0.1) is 0 Å². The maximum absolute atomic E-state index is 12.2. The summed E-state index contributed by atoms with van der Waals surface area (Å²) in [4.78, 5) is 39.5. The number of hydrogen-bond donors (Lipinski definition) is 1. The van der Waals surface area contributed by atoms with Crippen LogP contribution in [-0.2, 0) is 20.9 Å². The summed E-state index contributed by atoms with van der Waals surface area (Å²) < 4.78 is 6.39. The van der Waals surface area contributed by atoms with E-state index in [1.165, 1.54) is 21.9 Å². The molecule has 1 aliphatic rings. The monoisotopic (exact) mass is 281 g/mol. The minimum Gasteiger partial charge on any atom is -0.481 e. The van der Waals surface area contributed by atoms with Crippen molar-refractivity contribution in [2.24, 2.45) is 0 Å². The predicted molar refractivity (Wildman–Crippen MR) is 67.1 cm³/mol. The molecule has 8 heteroatoms. The van der Waals surface area contributed by atoms with Crippen LogP contribution < -0.4 is 5.69 Å². The number of hydrogen-bond acceptors (Lipinski definition) is 5. The van der Waals surface area contributed by atoms with Crippen molar-refractivity contribution in [3.8, 4) is 0 Å². The quantitative estimate of drug-likeness (QED) is 0.755. The molecule has 1 N–H and O–H groups in total. The fourth-order valence-electron chi connectivity index (χ4n) is 2.10. The van der Waals surface area contributed by atoms with E-state index in [1.807, 2.05) is 0 Å². The zero-order chi connectivity index (χ0) is 14.5. The Hall–Kier alpha value is -2.22. The summed E-state index contributed by atoms with van der Waals surface area (Å²) in [5.74, 6) is -1.30. The number of morpholine rings is 1. The normalized spacial score (nSPS) is 18.8. The number of aromatic nitrogens is 2. The average molecular weight is 281 g/mol. The molecule has 108 valence electrons. The van der Waals surface area contributed by atoms with Gasteiger partial charge in [0.1, 0.15) is 6.54 Å². The molecule has 2 heterocycles. The Morgan fingerprint density at radius 3 is 3.00 bits per heavy atom. The second kappa shape index (κ2) is 6.29. The summed E-state index contributed by atoms with van der Waals surface area (Å²) in [6.45, 7) is 0.734. The van der Waals surface area contributed by atoms with Crippen LogP contribution in [0.25, 0.3) is 0 Å². The first kappa shape index (κ1) is 14.2. The Labute approximate surface area is 114 Å². The zero-order valence-corrected chi connectivity index (χ0v) is 10.8. The highest BCUT2D eigenvalue weighted by molar-refractivity contribution is 5.77. The van der Waals surface area contributed by atoms with Crippen molar-refractivity contribution < 1.29 is 19.4 Å². The second-order valence-electron chi connectivity index (χ2n) is 4.44. The Bertz CT molecular complexity index is 556. The first-order valence-electron chi connectivity index (χ1n) is 6.18. The van der Waals surface area contributed by atoms with Gasteiger partial charge in [0, 0.05) is 18.9 Å². The van der Waals surface area contributed by atoms with E-state index in [1.54, 1.807) is 6.07 Å². The van der Waals surface area contributed by atoms with Crippen molar-refractivity contribution in [2.45, 2.75) is 19.0 Å². The van der Waals surface area contributed by atoms with Gasteiger partial charge in [0.15, 0.2) is 0 Å². The van der Waals surface area contributed by atoms with E-state index in [4.69, 9.17) is 9.84 Å². The van der Waals surface area contributed by atoms with Crippen molar-refractivity contribution in [1.29, 1.82) is 0 Å². The molecule has 1 fully saturated rings. The number of rotatable bonds is 4. The molecule has 20 heavy (non-hydrogen) atoms. The molecule has 1 atom stereocenters. The minimum absolute atomic E-state index is 0.150. The topological polar surface area (TPSA) is 102 Å². The van der Waals surface area contributed by atoms with Crippen molar-refractivity contribution in [2.75, 3.05) is 19.8 Å². The first-order chi connectivity index (χ1) is 9.58. The molecular formula is C12H15N3O5. The molecule has 0 saturated carbocycles. The number of ether oxygens (including phenoxy) is 1. The van der Waals surface area contributed by atoms with Gasteiger partial charge >= 0.3 is 11.7 Å². The van der Waals surface area contributed by atoms with Crippen molar-refractivity contribution in [1.82, 2.24) is 14.5 Å². The Balaban J connectivity index is 2.08. The molecule has 1 amide bonds. The van der Waals surface area contributed by atoms with Gasteiger partial charge in [-0.3, -0.25) is 14.2 Å².